The largest absolute Gasteiger partial charge is 0.0748 e. The molecule has 2 aliphatic rings. The van der Waals surface area contributed by atoms with Crippen LogP contribution < -0.4 is 0 Å². The smallest absolute Gasteiger partial charge is 0.00672 e. The average molecular weight is 218 g/mol. The maximum Gasteiger partial charge on any atom is 0.00672 e. The van der Waals surface area contributed by atoms with Crippen LogP contribution in [0.25, 0.3) is 0 Å². The van der Waals surface area contributed by atoms with Gasteiger partial charge in [-0.3, -0.25) is 0 Å². The Morgan fingerprint density at radius 1 is 1.00 bits per heavy atom. The third-order valence-electron chi connectivity index (χ3n) is 4.72. The summed E-state index contributed by atoms with van der Waals surface area (Å²) in [6.07, 6.45) is 9.22. The Bertz CT molecular complexity index is 350. The molecule has 0 aromatic carbocycles. The van der Waals surface area contributed by atoms with Crippen LogP contribution >= 0.6 is 0 Å². The topological polar surface area (TPSA) is 0 Å². The van der Waals surface area contributed by atoms with E-state index in [-0.39, 0.29) is 0 Å². The summed E-state index contributed by atoms with van der Waals surface area (Å²) >= 11 is 0. The van der Waals surface area contributed by atoms with Crippen molar-refractivity contribution in [3.8, 4) is 0 Å². The van der Waals surface area contributed by atoms with Crippen molar-refractivity contribution >= 4 is 0 Å². The predicted molar refractivity (Wildman–Crippen MR) is 71.4 cm³/mol. The summed E-state index contributed by atoms with van der Waals surface area (Å²) in [6, 6.07) is 0. The molecule has 2 rings (SSSR count). The van der Waals surface area contributed by atoms with Crippen molar-refractivity contribution in [1.29, 1.82) is 0 Å². The quantitative estimate of drug-likeness (QED) is 0.527. The van der Waals surface area contributed by atoms with Crippen LogP contribution in [0.5, 0.6) is 0 Å². The highest BCUT2D eigenvalue weighted by atomic mass is 14.4. The van der Waals surface area contributed by atoms with Crippen molar-refractivity contribution in [3.05, 3.63) is 22.8 Å². The van der Waals surface area contributed by atoms with E-state index in [2.05, 4.69) is 40.7 Å². The molecule has 0 aliphatic heterocycles. The van der Waals surface area contributed by atoms with Crippen molar-refractivity contribution in [2.24, 2.45) is 10.8 Å². The first-order valence-electron chi connectivity index (χ1n) is 6.85. The molecule has 0 radical (unpaired) electrons. The zero-order valence-electron chi connectivity index (χ0n) is 11.6. The molecule has 0 saturated heterocycles. The van der Waals surface area contributed by atoms with E-state index in [1.54, 1.807) is 16.7 Å². The highest BCUT2D eigenvalue weighted by Crippen LogP contribution is 2.53. The molecule has 0 aromatic rings. The van der Waals surface area contributed by atoms with E-state index < -0.39 is 0 Å². The van der Waals surface area contributed by atoms with Crippen LogP contribution in [0.15, 0.2) is 22.8 Å². The number of hydrogen-bond acceptors (Lipinski definition) is 0. The van der Waals surface area contributed by atoms with E-state index in [0.717, 1.165) is 0 Å². The van der Waals surface area contributed by atoms with Gasteiger partial charge in [-0.1, -0.05) is 57.4 Å². The molecule has 0 atom stereocenters. The maximum atomic E-state index is 2.55. The van der Waals surface area contributed by atoms with E-state index >= 15 is 0 Å². The van der Waals surface area contributed by atoms with Gasteiger partial charge in [0.2, 0.25) is 0 Å². The Morgan fingerprint density at radius 2 is 1.56 bits per heavy atom. The first-order chi connectivity index (χ1) is 7.39. The molecule has 90 valence electrons. The van der Waals surface area contributed by atoms with Gasteiger partial charge in [-0.05, 0) is 32.1 Å². The van der Waals surface area contributed by atoms with Gasteiger partial charge in [0.05, 0.1) is 0 Å². The van der Waals surface area contributed by atoms with Crippen molar-refractivity contribution in [1.82, 2.24) is 0 Å². The molecule has 0 heterocycles. The molecule has 0 nitrogen and oxygen atoms in total. The van der Waals surface area contributed by atoms with Gasteiger partial charge in [0.15, 0.2) is 0 Å². The Labute approximate surface area is 101 Å². The minimum absolute atomic E-state index is 0.316. The Morgan fingerprint density at radius 3 is 2.12 bits per heavy atom. The predicted octanol–water partition coefficient (Wildman–Crippen LogP) is 5.26. The van der Waals surface area contributed by atoms with Crippen LogP contribution in [0.2, 0.25) is 0 Å². The molecule has 0 heteroatoms. The molecular formula is C16H26. The molecule has 16 heavy (non-hydrogen) atoms. The maximum absolute atomic E-state index is 2.55. The minimum atomic E-state index is 0.316. The molecule has 0 saturated carbocycles. The lowest BCUT2D eigenvalue weighted by atomic mass is 9.60. The summed E-state index contributed by atoms with van der Waals surface area (Å²) in [5, 5.41) is 0. The lowest BCUT2D eigenvalue weighted by Gasteiger charge is -2.45. The average Bonchev–Trinajstić information content (AvgIpc) is 2.24. The molecular weight excluding hydrogens is 192 g/mol. The molecule has 0 bridgehead atoms. The monoisotopic (exact) mass is 218 g/mol. The summed E-state index contributed by atoms with van der Waals surface area (Å²) < 4.78 is 0. The van der Waals surface area contributed by atoms with E-state index in [9.17, 15) is 0 Å². The second kappa shape index (κ2) is 3.75. The van der Waals surface area contributed by atoms with Crippen LogP contribution in [0.1, 0.15) is 66.7 Å². The molecule has 0 spiro atoms. The SMILES string of the molecule is CCC1=CC(C)(C)C2=C(CCCC2)C1(C)C. The Kier molecular flexibility index (Phi) is 2.80. The van der Waals surface area contributed by atoms with E-state index in [4.69, 9.17) is 0 Å². The summed E-state index contributed by atoms with van der Waals surface area (Å²) in [7, 11) is 0. The lowest BCUT2D eigenvalue weighted by Crippen LogP contribution is -2.31. The van der Waals surface area contributed by atoms with Crippen LogP contribution in [0.3, 0.4) is 0 Å². The first-order valence-corrected chi connectivity index (χ1v) is 6.85. The van der Waals surface area contributed by atoms with Crippen molar-refractivity contribution in [3.63, 3.8) is 0 Å². The van der Waals surface area contributed by atoms with Crippen LogP contribution in [-0.2, 0) is 0 Å². The van der Waals surface area contributed by atoms with Gasteiger partial charge < -0.3 is 0 Å². The second-order valence-corrected chi connectivity index (χ2v) is 6.53. The number of allylic oxidation sites excluding steroid dienone is 4. The zero-order chi connectivity index (χ0) is 12.0. The molecule has 0 amide bonds. The highest BCUT2D eigenvalue weighted by Gasteiger charge is 2.39. The lowest BCUT2D eigenvalue weighted by molar-refractivity contribution is 0.386. The summed E-state index contributed by atoms with van der Waals surface area (Å²) in [5.74, 6) is 0. The third kappa shape index (κ3) is 1.67. The van der Waals surface area contributed by atoms with Gasteiger partial charge in [-0.15, -0.1) is 0 Å². The van der Waals surface area contributed by atoms with Gasteiger partial charge >= 0.3 is 0 Å². The molecule has 0 aromatic heterocycles. The molecule has 0 fully saturated rings. The Hall–Kier alpha value is -0.520. The fraction of sp³-hybridized carbons (Fsp3) is 0.750. The third-order valence-corrected chi connectivity index (χ3v) is 4.72. The second-order valence-electron chi connectivity index (χ2n) is 6.53. The highest BCUT2D eigenvalue weighted by molar-refractivity contribution is 5.43. The van der Waals surface area contributed by atoms with Gasteiger partial charge in [-0.2, -0.15) is 0 Å². The molecule has 0 unspecified atom stereocenters. The van der Waals surface area contributed by atoms with Crippen molar-refractivity contribution < 1.29 is 0 Å². The summed E-state index contributed by atoms with van der Waals surface area (Å²) in [4.78, 5) is 0. The Balaban J connectivity index is 2.53. The van der Waals surface area contributed by atoms with Crippen LogP contribution in [-0.4, -0.2) is 0 Å². The summed E-state index contributed by atoms with van der Waals surface area (Å²) in [6.45, 7) is 12.0. The zero-order valence-corrected chi connectivity index (χ0v) is 11.6. The van der Waals surface area contributed by atoms with Crippen LogP contribution in [0, 0.1) is 10.8 Å². The van der Waals surface area contributed by atoms with E-state index in [0.29, 0.717) is 10.8 Å². The van der Waals surface area contributed by atoms with Gasteiger partial charge in [-0.25, -0.2) is 0 Å². The number of hydrogen-bond donors (Lipinski definition) is 0. The molecule has 2 aliphatic carbocycles. The first kappa shape index (κ1) is 12.0. The van der Waals surface area contributed by atoms with Gasteiger partial charge in [0.25, 0.3) is 0 Å². The minimum Gasteiger partial charge on any atom is -0.0748 e. The van der Waals surface area contributed by atoms with Crippen molar-refractivity contribution in [2.75, 3.05) is 0 Å². The van der Waals surface area contributed by atoms with E-state index in [1.807, 2.05) is 0 Å². The van der Waals surface area contributed by atoms with Crippen molar-refractivity contribution in [2.45, 2.75) is 66.7 Å². The van der Waals surface area contributed by atoms with Gasteiger partial charge in [0.1, 0.15) is 0 Å². The fourth-order valence-electron chi connectivity index (χ4n) is 3.75. The normalized spacial score (nSPS) is 27.4. The van der Waals surface area contributed by atoms with E-state index in [1.165, 1.54) is 32.1 Å². The summed E-state index contributed by atoms with van der Waals surface area (Å²) in [5.41, 5.74) is 5.82. The van der Waals surface area contributed by atoms with Gasteiger partial charge in [0, 0.05) is 10.8 Å². The van der Waals surface area contributed by atoms with Crippen LogP contribution in [0.4, 0.5) is 0 Å². The fourth-order valence-corrected chi connectivity index (χ4v) is 3.75. The standard InChI is InChI=1S/C16H26/c1-6-12-11-15(2,3)13-9-7-8-10-14(13)16(12,4)5/h11H,6-10H2,1-5H3. The molecule has 0 N–H and O–H groups in total. The number of rotatable bonds is 1.